The van der Waals surface area contributed by atoms with Crippen LogP contribution in [0.25, 0.3) is 11.0 Å². The van der Waals surface area contributed by atoms with E-state index in [-0.39, 0.29) is 29.3 Å². The summed E-state index contributed by atoms with van der Waals surface area (Å²) in [5.74, 6) is -0.340. The van der Waals surface area contributed by atoms with Gasteiger partial charge in [-0.3, -0.25) is 4.79 Å². The Labute approximate surface area is 151 Å². The number of hydrogen-bond acceptors (Lipinski definition) is 2. The number of halogens is 4. The number of nitrogens with zero attached hydrogens (tertiary/aromatic N) is 3. The van der Waals surface area contributed by atoms with Crippen LogP contribution in [-0.4, -0.2) is 26.9 Å². The molecule has 0 spiro atoms. The van der Waals surface area contributed by atoms with Crippen molar-refractivity contribution in [1.29, 1.82) is 0 Å². The second-order valence-corrected chi connectivity index (χ2v) is 6.55. The standard InChI is InChI=1S/C18H13ClF3N3O/c19-12-6-4-11(5-7-12)10-24-8-9-25-15-13(18(20,21)22)2-1-3-14(15)23-16(25)17(24)26/h1-7H,8-10H2. The normalized spacial score (nSPS) is 14.8. The van der Waals surface area contributed by atoms with Crippen molar-refractivity contribution >= 4 is 28.5 Å². The third-order valence-electron chi connectivity index (χ3n) is 4.43. The molecule has 134 valence electrons. The van der Waals surface area contributed by atoms with Crippen LogP contribution in [0.1, 0.15) is 21.7 Å². The number of rotatable bonds is 2. The predicted molar refractivity (Wildman–Crippen MR) is 90.9 cm³/mol. The molecule has 2 aromatic carbocycles. The molecule has 0 saturated heterocycles. The molecule has 8 heteroatoms. The minimum atomic E-state index is -4.50. The van der Waals surface area contributed by atoms with Crippen molar-refractivity contribution in [2.45, 2.75) is 19.3 Å². The molecule has 0 aliphatic carbocycles. The lowest BCUT2D eigenvalue weighted by Gasteiger charge is -2.28. The zero-order chi connectivity index (χ0) is 18.5. The summed E-state index contributed by atoms with van der Waals surface area (Å²) in [7, 11) is 0. The molecule has 1 aliphatic rings. The van der Waals surface area contributed by atoms with Crippen LogP contribution in [0.3, 0.4) is 0 Å². The number of amides is 1. The maximum atomic E-state index is 13.3. The van der Waals surface area contributed by atoms with Gasteiger partial charge in [0.1, 0.15) is 0 Å². The largest absolute Gasteiger partial charge is 0.418 e. The first-order valence-electron chi connectivity index (χ1n) is 7.95. The van der Waals surface area contributed by atoms with Crippen molar-refractivity contribution < 1.29 is 18.0 Å². The fourth-order valence-corrected chi connectivity index (χ4v) is 3.35. The van der Waals surface area contributed by atoms with Crippen LogP contribution >= 0.6 is 11.6 Å². The Kier molecular flexibility index (Phi) is 3.91. The summed E-state index contributed by atoms with van der Waals surface area (Å²) in [6.07, 6.45) is -4.50. The van der Waals surface area contributed by atoms with Crippen molar-refractivity contribution in [1.82, 2.24) is 14.5 Å². The lowest BCUT2D eigenvalue weighted by atomic mass is 10.1. The number of aromatic nitrogens is 2. The smallest absolute Gasteiger partial charge is 0.330 e. The van der Waals surface area contributed by atoms with E-state index in [1.54, 1.807) is 17.0 Å². The van der Waals surface area contributed by atoms with Crippen LogP contribution in [0.2, 0.25) is 5.02 Å². The molecule has 4 nitrogen and oxygen atoms in total. The number of imidazole rings is 1. The number of benzene rings is 2. The van der Waals surface area contributed by atoms with Gasteiger partial charge in [-0.2, -0.15) is 13.2 Å². The third kappa shape index (κ3) is 2.82. The van der Waals surface area contributed by atoms with Crippen molar-refractivity contribution in [3.8, 4) is 0 Å². The number of alkyl halides is 3. The van der Waals surface area contributed by atoms with Gasteiger partial charge >= 0.3 is 6.18 Å². The average Bonchev–Trinajstić information content (AvgIpc) is 2.98. The SMILES string of the molecule is O=C1c2nc3cccc(C(F)(F)F)c3n2CCN1Cc1ccc(Cl)cc1. The van der Waals surface area contributed by atoms with Gasteiger partial charge in [-0.15, -0.1) is 0 Å². The summed E-state index contributed by atoms with van der Waals surface area (Å²) in [5, 5.41) is 0.597. The molecule has 0 bridgehead atoms. The second-order valence-electron chi connectivity index (χ2n) is 6.11. The van der Waals surface area contributed by atoms with E-state index in [0.717, 1.165) is 11.6 Å². The van der Waals surface area contributed by atoms with E-state index in [4.69, 9.17) is 11.6 Å². The van der Waals surface area contributed by atoms with Gasteiger partial charge in [0.2, 0.25) is 0 Å². The van der Waals surface area contributed by atoms with E-state index in [2.05, 4.69) is 4.98 Å². The molecule has 0 saturated carbocycles. The first kappa shape index (κ1) is 16.9. The van der Waals surface area contributed by atoms with Gasteiger partial charge in [-0.25, -0.2) is 4.98 Å². The van der Waals surface area contributed by atoms with Crippen molar-refractivity contribution in [3.63, 3.8) is 0 Å². The Bertz CT molecular complexity index is 995. The molecule has 1 aliphatic heterocycles. The highest BCUT2D eigenvalue weighted by molar-refractivity contribution is 6.30. The Morgan fingerprint density at radius 1 is 1.08 bits per heavy atom. The van der Waals surface area contributed by atoms with Gasteiger partial charge in [0.25, 0.3) is 5.91 Å². The quantitative estimate of drug-likeness (QED) is 0.663. The van der Waals surface area contributed by atoms with Gasteiger partial charge < -0.3 is 9.47 Å². The minimum Gasteiger partial charge on any atom is -0.330 e. The Balaban J connectivity index is 1.72. The molecule has 0 fully saturated rings. The highest BCUT2D eigenvalue weighted by Gasteiger charge is 2.37. The highest BCUT2D eigenvalue weighted by atomic mass is 35.5. The molecule has 26 heavy (non-hydrogen) atoms. The highest BCUT2D eigenvalue weighted by Crippen LogP contribution is 2.36. The topological polar surface area (TPSA) is 38.1 Å². The van der Waals surface area contributed by atoms with Gasteiger partial charge in [0.05, 0.1) is 16.6 Å². The molecule has 4 rings (SSSR count). The number of carbonyl (C=O) groups is 1. The number of hydrogen-bond donors (Lipinski definition) is 0. The van der Waals surface area contributed by atoms with E-state index in [9.17, 15) is 18.0 Å². The number of para-hydroxylation sites is 1. The summed E-state index contributed by atoms with van der Waals surface area (Å²) in [6, 6.07) is 10.9. The van der Waals surface area contributed by atoms with Gasteiger partial charge in [0, 0.05) is 24.7 Å². The summed E-state index contributed by atoms with van der Waals surface area (Å²) in [5.41, 5.74) is 0.266. The minimum absolute atomic E-state index is 0.0329. The fourth-order valence-electron chi connectivity index (χ4n) is 3.22. The molecular weight excluding hydrogens is 367 g/mol. The molecule has 0 radical (unpaired) electrons. The summed E-state index contributed by atoms with van der Waals surface area (Å²) < 4.78 is 41.3. The van der Waals surface area contributed by atoms with Crippen LogP contribution in [0.4, 0.5) is 13.2 Å². The first-order valence-corrected chi connectivity index (χ1v) is 8.32. The van der Waals surface area contributed by atoms with Crippen molar-refractivity contribution in [2.24, 2.45) is 0 Å². The lowest BCUT2D eigenvalue weighted by molar-refractivity contribution is -0.136. The Morgan fingerprint density at radius 3 is 2.50 bits per heavy atom. The van der Waals surface area contributed by atoms with Crippen molar-refractivity contribution in [2.75, 3.05) is 6.54 Å². The van der Waals surface area contributed by atoms with Crippen LogP contribution in [0.15, 0.2) is 42.5 Å². The maximum absolute atomic E-state index is 13.3. The molecule has 0 N–H and O–H groups in total. The fraction of sp³-hybridized carbons (Fsp3) is 0.222. The van der Waals surface area contributed by atoms with Gasteiger partial charge in [0.15, 0.2) is 5.82 Å². The third-order valence-corrected chi connectivity index (χ3v) is 4.68. The molecule has 0 atom stereocenters. The van der Waals surface area contributed by atoms with Gasteiger partial charge in [-0.05, 0) is 29.8 Å². The monoisotopic (exact) mass is 379 g/mol. The number of fused-ring (bicyclic) bond motifs is 3. The van der Waals surface area contributed by atoms with Crippen LogP contribution in [-0.2, 0) is 19.3 Å². The van der Waals surface area contributed by atoms with E-state index < -0.39 is 11.7 Å². The van der Waals surface area contributed by atoms with Gasteiger partial charge in [-0.1, -0.05) is 29.8 Å². The van der Waals surface area contributed by atoms with E-state index in [0.29, 0.717) is 18.1 Å². The van der Waals surface area contributed by atoms with Crippen LogP contribution in [0, 0.1) is 0 Å². The summed E-state index contributed by atoms with van der Waals surface area (Å²) in [4.78, 5) is 18.5. The zero-order valence-electron chi connectivity index (χ0n) is 13.4. The van der Waals surface area contributed by atoms with Crippen LogP contribution in [0.5, 0.6) is 0 Å². The molecule has 1 aromatic heterocycles. The molecule has 1 amide bonds. The summed E-state index contributed by atoms with van der Waals surface area (Å²) >= 11 is 5.86. The Hall–Kier alpha value is -2.54. The predicted octanol–water partition coefficient (Wildman–Crippen LogP) is 4.36. The van der Waals surface area contributed by atoms with Crippen molar-refractivity contribution in [3.05, 3.63) is 64.4 Å². The van der Waals surface area contributed by atoms with E-state index in [1.807, 2.05) is 12.1 Å². The molecular formula is C18H13ClF3N3O. The first-order chi connectivity index (χ1) is 12.3. The average molecular weight is 380 g/mol. The zero-order valence-corrected chi connectivity index (χ0v) is 14.2. The van der Waals surface area contributed by atoms with E-state index >= 15 is 0 Å². The number of carbonyl (C=O) groups excluding carboxylic acids is 1. The molecule has 2 heterocycles. The molecule has 3 aromatic rings. The second kappa shape index (κ2) is 6.02. The van der Waals surface area contributed by atoms with Crippen LogP contribution < -0.4 is 0 Å². The lowest BCUT2D eigenvalue weighted by Crippen LogP contribution is -2.40. The molecule has 0 unspecified atom stereocenters. The maximum Gasteiger partial charge on any atom is 0.418 e. The summed E-state index contributed by atoms with van der Waals surface area (Å²) in [6.45, 7) is 0.926. The Morgan fingerprint density at radius 2 is 1.81 bits per heavy atom. The van der Waals surface area contributed by atoms with E-state index in [1.165, 1.54) is 16.7 Å².